The second kappa shape index (κ2) is 11.3. The predicted molar refractivity (Wildman–Crippen MR) is 138 cm³/mol. The largest absolute Gasteiger partial charge is 0.481 e. The molecule has 1 aliphatic rings. The summed E-state index contributed by atoms with van der Waals surface area (Å²) in [6, 6.07) is 18.2. The molecule has 4 rings (SSSR count). The molecule has 0 spiro atoms. The molecule has 0 unspecified atom stereocenters. The van der Waals surface area contributed by atoms with Crippen LogP contribution in [0.2, 0.25) is 0 Å². The van der Waals surface area contributed by atoms with Gasteiger partial charge < -0.3 is 10.4 Å². The molecule has 2 heterocycles. The Morgan fingerprint density at radius 3 is 2.28 bits per heavy atom. The molecule has 1 aromatic heterocycles. The fraction of sp³-hybridized carbons (Fsp3) is 0.407. The third-order valence-corrected chi connectivity index (χ3v) is 6.66. The number of nitrogens with zero attached hydrogens (tertiary/aromatic N) is 4. The first-order valence-electron chi connectivity index (χ1n) is 12.3. The van der Waals surface area contributed by atoms with Gasteiger partial charge in [-0.2, -0.15) is 4.98 Å². The first-order valence-corrected chi connectivity index (χ1v) is 12.3. The van der Waals surface area contributed by atoms with Crippen molar-refractivity contribution in [2.45, 2.75) is 52.4 Å². The lowest BCUT2D eigenvalue weighted by molar-refractivity contribution is -0.141. The highest BCUT2D eigenvalue weighted by molar-refractivity contribution is 5.69. The van der Waals surface area contributed by atoms with E-state index in [1.165, 1.54) is 17.1 Å². The van der Waals surface area contributed by atoms with Crippen LogP contribution in [-0.2, 0) is 24.4 Å². The quantitative estimate of drug-likeness (QED) is 0.473. The van der Waals surface area contributed by atoms with E-state index >= 15 is 0 Å². The average molecular weight is 492 g/mol. The highest BCUT2D eigenvalue weighted by atomic mass is 16.4. The van der Waals surface area contributed by atoms with Gasteiger partial charge >= 0.3 is 17.3 Å². The van der Waals surface area contributed by atoms with Gasteiger partial charge in [0.2, 0.25) is 5.95 Å². The van der Waals surface area contributed by atoms with Gasteiger partial charge in [-0.25, -0.2) is 14.2 Å². The molecule has 1 aliphatic heterocycles. The molecule has 1 fully saturated rings. The lowest BCUT2D eigenvalue weighted by Gasteiger charge is -2.33. The Kier molecular flexibility index (Phi) is 8.00. The first kappa shape index (κ1) is 25.4. The summed E-state index contributed by atoms with van der Waals surface area (Å²) in [5.74, 6) is -1.74. The Balaban J connectivity index is 1.55. The molecule has 2 N–H and O–H groups in total. The average Bonchev–Trinajstić information content (AvgIpc) is 2.87. The van der Waals surface area contributed by atoms with Crippen LogP contribution in [-0.4, -0.2) is 49.2 Å². The number of rotatable bonds is 9. The third-order valence-electron chi connectivity index (χ3n) is 6.66. The van der Waals surface area contributed by atoms with Crippen LogP contribution in [0.1, 0.15) is 36.5 Å². The smallest absolute Gasteiger partial charge is 0.354 e. The van der Waals surface area contributed by atoms with E-state index in [1.807, 2.05) is 49.4 Å². The van der Waals surface area contributed by atoms with E-state index in [-0.39, 0.29) is 25.1 Å². The fourth-order valence-corrected chi connectivity index (χ4v) is 4.43. The van der Waals surface area contributed by atoms with Gasteiger partial charge in [0.1, 0.15) is 0 Å². The summed E-state index contributed by atoms with van der Waals surface area (Å²) >= 11 is 0. The third kappa shape index (κ3) is 6.28. The molecule has 0 saturated carbocycles. The van der Waals surface area contributed by atoms with Crippen LogP contribution in [0.25, 0.3) is 0 Å². The maximum Gasteiger partial charge on any atom is 0.354 e. The van der Waals surface area contributed by atoms with Crippen molar-refractivity contribution >= 4 is 11.9 Å². The fourth-order valence-electron chi connectivity index (χ4n) is 4.43. The van der Waals surface area contributed by atoms with Crippen LogP contribution in [0.3, 0.4) is 0 Å². The number of carboxylic acid groups (broad SMARTS) is 1. The number of hydrogen-bond acceptors (Lipinski definition) is 6. The zero-order valence-electron chi connectivity index (χ0n) is 20.8. The molecule has 3 aromatic rings. The van der Waals surface area contributed by atoms with Crippen LogP contribution in [0.5, 0.6) is 0 Å². The number of carboxylic acids is 1. The van der Waals surface area contributed by atoms with Gasteiger partial charge in [-0.15, -0.1) is 0 Å². The summed E-state index contributed by atoms with van der Waals surface area (Å²) in [6.07, 6.45) is 1.71. The molecule has 9 nitrogen and oxygen atoms in total. The van der Waals surface area contributed by atoms with Crippen molar-refractivity contribution in [3.05, 3.63) is 92.3 Å². The van der Waals surface area contributed by atoms with Crippen molar-refractivity contribution in [3.8, 4) is 0 Å². The molecule has 1 saturated heterocycles. The minimum Gasteiger partial charge on any atom is -0.481 e. The van der Waals surface area contributed by atoms with Crippen LogP contribution in [0, 0.1) is 12.8 Å². The SMILES string of the molecule is Cc1ccc(Cn2c(NC3CCN(Cc4ccccc4)CC3)nc(=O)n(C[C@H](C)C(=O)O)c2=O)cc1. The Morgan fingerprint density at radius 2 is 1.64 bits per heavy atom. The summed E-state index contributed by atoms with van der Waals surface area (Å²) in [5, 5.41) is 12.6. The number of benzene rings is 2. The molecule has 0 radical (unpaired) electrons. The Morgan fingerprint density at radius 1 is 1.00 bits per heavy atom. The van der Waals surface area contributed by atoms with Crippen LogP contribution >= 0.6 is 0 Å². The first-order chi connectivity index (χ1) is 17.3. The number of carbonyl (C=O) groups is 1. The second-order valence-electron chi connectivity index (χ2n) is 9.60. The molecule has 2 aromatic carbocycles. The summed E-state index contributed by atoms with van der Waals surface area (Å²) in [7, 11) is 0. The molecule has 0 aliphatic carbocycles. The maximum absolute atomic E-state index is 13.4. The number of anilines is 1. The number of nitrogens with one attached hydrogen (secondary N) is 1. The van der Waals surface area contributed by atoms with Crippen LogP contribution < -0.4 is 16.7 Å². The maximum atomic E-state index is 13.4. The van der Waals surface area contributed by atoms with Gasteiger partial charge in [0, 0.05) is 32.2 Å². The van der Waals surface area contributed by atoms with Gasteiger partial charge in [0.05, 0.1) is 12.5 Å². The van der Waals surface area contributed by atoms with Crippen molar-refractivity contribution in [2.75, 3.05) is 18.4 Å². The molecular formula is C27H33N5O4. The monoisotopic (exact) mass is 491 g/mol. The molecule has 0 bridgehead atoms. The van der Waals surface area contributed by atoms with Gasteiger partial charge in [-0.05, 0) is 30.9 Å². The number of piperidine rings is 1. The minimum atomic E-state index is -1.07. The van der Waals surface area contributed by atoms with E-state index in [4.69, 9.17) is 0 Å². The number of hydrogen-bond donors (Lipinski definition) is 2. The summed E-state index contributed by atoms with van der Waals surface area (Å²) < 4.78 is 2.36. The summed E-state index contributed by atoms with van der Waals surface area (Å²) in [5.41, 5.74) is 1.97. The highest BCUT2D eigenvalue weighted by Gasteiger charge is 2.23. The zero-order valence-corrected chi connectivity index (χ0v) is 20.8. The molecule has 1 atom stereocenters. The molecule has 9 heteroatoms. The number of aromatic nitrogens is 3. The number of likely N-dealkylation sites (tertiary alicyclic amines) is 1. The van der Waals surface area contributed by atoms with Crippen molar-refractivity contribution in [1.82, 2.24) is 19.0 Å². The summed E-state index contributed by atoms with van der Waals surface area (Å²) in [4.78, 5) is 44.1. The van der Waals surface area contributed by atoms with Crippen molar-refractivity contribution in [3.63, 3.8) is 0 Å². The van der Waals surface area contributed by atoms with E-state index in [2.05, 4.69) is 27.3 Å². The molecule has 36 heavy (non-hydrogen) atoms. The van der Waals surface area contributed by atoms with Crippen molar-refractivity contribution < 1.29 is 9.90 Å². The lowest BCUT2D eigenvalue weighted by Crippen LogP contribution is -2.46. The number of aryl methyl sites for hydroxylation is 1. The Hall–Kier alpha value is -3.72. The summed E-state index contributed by atoms with van der Waals surface area (Å²) in [6.45, 7) is 6.12. The molecule has 190 valence electrons. The van der Waals surface area contributed by atoms with Crippen molar-refractivity contribution in [2.24, 2.45) is 5.92 Å². The number of aliphatic carboxylic acids is 1. The Labute approximate surface area is 210 Å². The van der Waals surface area contributed by atoms with Gasteiger partial charge in [-0.3, -0.25) is 14.3 Å². The van der Waals surface area contributed by atoms with E-state index < -0.39 is 23.3 Å². The molecule has 0 amide bonds. The van der Waals surface area contributed by atoms with E-state index in [1.54, 1.807) is 0 Å². The topological polar surface area (TPSA) is 109 Å². The van der Waals surface area contributed by atoms with E-state index in [0.717, 1.165) is 48.2 Å². The second-order valence-corrected chi connectivity index (χ2v) is 9.60. The standard InChI is InChI=1S/C27H33N5O4/c1-19-8-10-22(11-9-19)18-31-25(29-26(35)32(27(31)36)16-20(2)24(33)34)28-23-12-14-30(15-13-23)17-21-6-4-3-5-7-21/h3-11,20,23H,12-18H2,1-2H3,(H,33,34)(H,28,29,35)/t20-/m0/s1. The van der Waals surface area contributed by atoms with E-state index in [0.29, 0.717) is 0 Å². The highest BCUT2D eigenvalue weighted by Crippen LogP contribution is 2.17. The van der Waals surface area contributed by atoms with Gasteiger partial charge in [-0.1, -0.05) is 67.1 Å². The van der Waals surface area contributed by atoms with Gasteiger partial charge in [0.15, 0.2) is 0 Å². The predicted octanol–water partition coefficient (Wildman–Crippen LogP) is 2.56. The zero-order chi connectivity index (χ0) is 25.7. The Bertz CT molecular complexity index is 1290. The van der Waals surface area contributed by atoms with Crippen LogP contribution in [0.4, 0.5) is 5.95 Å². The van der Waals surface area contributed by atoms with Gasteiger partial charge in [0.25, 0.3) is 0 Å². The van der Waals surface area contributed by atoms with E-state index in [9.17, 15) is 19.5 Å². The lowest BCUT2D eigenvalue weighted by atomic mass is 10.0. The molecular weight excluding hydrogens is 458 g/mol. The van der Waals surface area contributed by atoms with Crippen LogP contribution in [0.15, 0.2) is 64.2 Å². The normalized spacial score (nSPS) is 15.5. The van der Waals surface area contributed by atoms with Crippen molar-refractivity contribution in [1.29, 1.82) is 0 Å². The minimum absolute atomic E-state index is 0.0707.